The van der Waals surface area contributed by atoms with Gasteiger partial charge in [0.2, 0.25) is 5.60 Å². The first-order valence-corrected chi connectivity index (χ1v) is 14.3. The lowest BCUT2D eigenvalue weighted by atomic mass is 9.75. The van der Waals surface area contributed by atoms with E-state index in [0.717, 1.165) is 87.8 Å². The summed E-state index contributed by atoms with van der Waals surface area (Å²) in [6.07, 6.45) is 4.15. The van der Waals surface area contributed by atoms with Gasteiger partial charge in [0, 0.05) is 31.1 Å². The van der Waals surface area contributed by atoms with Gasteiger partial charge in [-0.2, -0.15) is 13.2 Å². The van der Waals surface area contributed by atoms with Crippen LogP contribution in [0.3, 0.4) is 0 Å². The molecule has 1 aromatic heterocycles. The number of benzene rings is 1. The number of nitrogens with zero attached hydrogens (tertiary/aromatic N) is 1. The first-order chi connectivity index (χ1) is 19.5. The molecule has 3 aliphatic heterocycles. The van der Waals surface area contributed by atoms with Crippen LogP contribution in [0.15, 0.2) is 53.1 Å². The minimum absolute atomic E-state index is 0.143. The first kappa shape index (κ1) is 30.9. The van der Waals surface area contributed by atoms with Crippen LogP contribution in [0.1, 0.15) is 57.1 Å². The zero-order chi connectivity index (χ0) is 29.5. The minimum atomic E-state index is -5.19. The molecule has 0 unspecified atom stereocenters. The average molecular weight is 582 g/mol. The van der Waals surface area contributed by atoms with Gasteiger partial charge in [-0.15, -0.1) is 0 Å². The Kier molecular flexibility index (Phi) is 10.0. The monoisotopic (exact) mass is 581 g/mol. The van der Waals surface area contributed by atoms with Gasteiger partial charge in [0.15, 0.2) is 6.10 Å². The number of hydrogen-bond donors (Lipinski definition) is 1. The number of carbonyl (C=O) groups is 2. The van der Waals surface area contributed by atoms with Crippen LogP contribution < -0.4 is 9.84 Å². The van der Waals surface area contributed by atoms with Crippen LogP contribution in [0, 0.1) is 11.8 Å². The summed E-state index contributed by atoms with van der Waals surface area (Å²) in [6.45, 7) is 4.82. The normalized spacial score (nSPS) is 25.9. The Balaban J connectivity index is 0.000000493. The largest absolute Gasteiger partial charge is 0.542 e. The highest BCUT2D eigenvalue weighted by Gasteiger charge is 2.53. The van der Waals surface area contributed by atoms with Crippen LogP contribution in [-0.2, 0) is 19.9 Å². The van der Waals surface area contributed by atoms with E-state index in [2.05, 4.69) is 0 Å². The van der Waals surface area contributed by atoms with Gasteiger partial charge in [0.1, 0.15) is 24.0 Å². The number of halogens is 3. The number of quaternary nitrogens is 1. The number of carboxylic acid groups (broad SMARTS) is 1. The van der Waals surface area contributed by atoms with Gasteiger partial charge in [-0.05, 0) is 37.1 Å². The number of esters is 1. The molecule has 226 valence electrons. The van der Waals surface area contributed by atoms with Crippen molar-refractivity contribution in [2.45, 2.75) is 69.2 Å². The van der Waals surface area contributed by atoms with Gasteiger partial charge >= 0.3 is 12.1 Å². The average Bonchev–Trinajstić information content (AvgIpc) is 3.52. The zero-order valence-electron chi connectivity index (χ0n) is 23.0. The lowest BCUT2D eigenvalue weighted by Crippen LogP contribution is -2.65. The lowest BCUT2D eigenvalue weighted by Gasteiger charge is -2.52. The third kappa shape index (κ3) is 7.62. The van der Waals surface area contributed by atoms with Gasteiger partial charge in [0.05, 0.1) is 32.5 Å². The summed E-state index contributed by atoms with van der Waals surface area (Å²) in [7, 11) is 0. The lowest BCUT2D eigenvalue weighted by molar-refractivity contribution is -0.946. The van der Waals surface area contributed by atoms with Gasteiger partial charge in [0.25, 0.3) is 0 Å². The summed E-state index contributed by atoms with van der Waals surface area (Å²) < 4.78 is 50.2. The number of piperidine rings is 3. The Hall–Kier alpha value is -3.05. The van der Waals surface area contributed by atoms with Crippen molar-refractivity contribution in [1.29, 1.82) is 0 Å². The summed E-state index contributed by atoms with van der Waals surface area (Å²) in [5, 5.41) is 20.5. The molecular weight excluding hydrogens is 543 g/mol. The maximum absolute atomic E-state index is 13.6. The fourth-order valence-electron chi connectivity index (χ4n) is 6.49. The molecular formula is C30H38F3NO7. The van der Waals surface area contributed by atoms with Gasteiger partial charge in [-0.3, -0.25) is 0 Å². The second-order valence-electron chi connectivity index (χ2n) is 11.4. The maximum Gasteiger partial charge on any atom is 0.430 e. The van der Waals surface area contributed by atoms with Crippen LogP contribution in [0.5, 0.6) is 5.75 Å². The number of ether oxygens (including phenoxy) is 2. The molecule has 1 aliphatic carbocycles. The first-order valence-electron chi connectivity index (χ1n) is 14.3. The Labute approximate surface area is 237 Å². The summed E-state index contributed by atoms with van der Waals surface area (Å²) in [5.41, 5.74) is -1.69. The van der Waals surface area contributed by atoms with Crippen molar-refractivity contribution < 1.29 is 51.3 Å². The summed E-state index contributed by atoms with van der Waals surface area (Å²) in [4.78, 5) is 22.4. The summed E-state index contributed by atoms with van der Waals surface area (Å²) in [5.74, 6) is -2.05. The summed E-state index contributed by atoms with van der Waals surface area (Å²) in [6, 6.07) is 13.4. The molecule has 11 heteroatoms. The smallest absolute Gasteiger partial charge is 0.430 e. The molecule has 8 nitrogen and oxygen atoms in total. The van der Waals surface area contributed by atoms with Crippen LogP contribution in [0.4, 0.5) is 13.2 Å². The molecule has 41 heavy (non-hydrogen) atoms. The zero-order valence-corrected chi connectivity index (χ0v) is 23.0. The van der Waals surface area contributed by atoms with E-state index in [1.807, 2.05) is 30.3 Å². The topological polar surface area (TPSA) is 109 Å². The molecule has 3 saturated heterocycles. The third-order valence-corrected chi connectivity index (χ3v) is 8.72. The predicted molar refractivity (Wildman–Crippen MR) is 139 cm³/mol. The van der Waals surface area contributed by atoms with E-state index in [1.165, 1.54) is 6.26 Å². The Morgan fingerprint density at radius 3 is 2.24 bits per heavy atom. The number of carboxylic acids is 1. The molecule has 2 atom stereocenters. The van der Waals surface area contributed by atoms with E-state index >= 15 is 0 Å². The quantitative estimate of drug-likeness (QED) is 0.271. The number of carbonyl (C=O) groups excluding carboxylic acids is 2. The Morgan fingerprint density at radius 2 is 1.66 bits per heavy atom. The van der Waals surface area contributed by atoms with Crippen molar-refractivity contribution >= 4 is 11.9 Å². The van der Waals surface area contributed by atoms with E-state index in [4.69, 9.17) is 23.8 Å². The Bertz CT molecular complexity index is 1110. The van der Waals surface area contributed by atoms with Gasteiger partial charge < -0.3 is 33.4 Å². The molecule has 0 amide bonds. The number of furan rings is 1. The van der Waals surface area contributed by atoms with Crippen molar-refractivity contribution in [3.63, 3.8) is 0 Å². The van der Waals surface area contributed by atoms with Crippen LogP contribution in [0.2, 0.25) is 0 Å². The van der Waals surface area contributed by atoms with Crippen molar-refractivity contribution in [3.8, 4) is 5.75 Å². The third-order valence-electron chi connectivity index (χ3n) is 8.72. The maximum atomic E-state index is 13.6. The molecule has 4 heterocycles. The molecule has 4 fully saturated rings. The molecule has 6 rings (SSSR count). The standard InChI is InChI=1S/C28H38NO5.C2HF3O2/c30-27(28(31,26-13-7-19-33-26)23-9-3-1-4-10-23)34-25-21-29(17-14-22(25)15-18-29)16-8-20-32-24-11-5-2-6-12-24;3-2(4,5)1(6)7/h2,5-7,11-13,19,22-23,25,31H,1,3-4,8-10,14-18,20-21H2;(H,6,7)/q+1;/p-1/t22?,25-,28+,29?;/m0./s1. The number of aliphatic carboxylic acids is 1. The highest BCUT2D eigenvalue weighted by molar-refractivity contribution is 5.81. The second kappa shape index (κ2) is 13.3. The molecule has 1 N–H and O–H groups in total. The number of para-hydroxylation sites is 1. The van der Waals surface area contributed by atoms with E-state index in [9.17, 15) is 23.1 Å². The van der Waals surface area contributed by atoms with E-state index < -0.39 is 23.7 Å². The molecule has 2 aromatic rings. The molecule has 1 aromatic carbocycles. The van der Waals surface area contributed by atoms with E-state index in [-0.39, 0.29) is 12.0 Å². The summed E-state index contributed by atoms with van der Waals surface area (Å²) >= 11 is 0. The number of aliphatic hydroxyl groups is 1. The Morgan fingerprint density at radius 1 is 1.00 bits per heavy atom. The molecule has 0 spiro atoms. The van der Waals surface area contributed by atoms with Crippen molar-refractivity contribution in [2.24, 2.45) is 11.8 Å². The minimum Gasteiger partial charge on any atom is -0.542 e. The number of alkyl halides is 3. The molecule has 4 aliphatic rings. The molecule has 0 radical (unpaired) electrons. The fourth-order valence-corrected chi connectivity index (χ4v) is 6.49. The highest BCUT2D eigenvalue weighted by Crippen LogP contribution is 2.42. The second-order valence-corrected chi connectivity index (χ2v) is 11.4. The van der Waals surface area contributed by atoms with Gasteiger partial charge in [-0.1, -0.05) is 37.5 Å². The van der Waals surface area contributed by atoms with Crippen molar-refractivity contribution in [2.75, 3.05) is 32.8 Å². The molecule has 1 saturated carbocycles. The van der Waals surface area contributed by atoms with Crippen LogP contribution in [0.25, 0.3) is 0 Å². The van der Waals surface area contributed by atoms with Crippen molar-refractivity contribution in [3.05, 3.63) is 54.5 Å². The molecule has 2 bridgehead atoms. The number of rotatable bonds is 9. The van der Waals surface area contributed by atoms with Crippen molar-refractivity contribution in [1.82, 2.24) is 0 Å². The number of hydrogen-bond acceptors (Lipinski definition) is 7. The van der Waals surface area contributed by atoms with Crippen LogP contribution >= 0.6 is 0 Å². The SMILES string of the molecule is O=C(O[C@H]1C[N+]2(CCCOc3ccccc3)CCC1CC2)[C@](O)(c1ccco1)C1CCCCC1.O=C([O-])C(F)(F)F. The predicted octanol–water partition coefficient (Wildman–Crippen LogP) is 3.97. The van der Waals surface area contributed by atoms with E-state index in [0.29, 0.717) is 18.3 Å². The van der Waals surface area contributed by atoms with E-state index in [1.54, 1.807) is 12.1 Å². The van der Waals surface area contributed by atoms with Gasteiger partial charge in [-0.25, -0.2) is 4.79 Å². The van der Waals surface area contributed by atoms with Crippen LogP contribution in [-0.4, -0.2) is 66.6 Å². The fraction of sp³-hybridized carbons (Fsp3) is 0.600. The number of fused-ring (bicyclic) bond motifs is 3. The highest BCUT2D eigenvalue weighted by atomic mass is 19.4.